The third kappa shape index (κ3) is 5.08. The lowest BCUT2D eigenvalue weighted by atomic mass is 10.0. The molecule has 1 heterocycles. The molecule has 6 nitrogen and oxygen atoms in total. The van der Waals surface area contributed by atoms with Gasteiger partial charge in [0.25, 0.3) is 5.91 Å². The molecule has 0 aliphatic rings. The summed E-state index contributed by atoms with van der Waals surface area (Å²) in [7, 11) is 0. The average molecular weight is 482 g/mol. The molecule has 0 unspecified atom stereocenters. The Morgan fingerprint density at radius 1 is 0.857 bits per heavy atom. The van der Waals surface area contributed by atoms with Crippen molar-refractivity contribution >= 4 is 40.0 Å². The van der Waals surface area contributed by atoms with E-state index < -0.39 is 0 Å². The first kappa shape index (κ1) is 22.4. The fourth-order valence-corrected chi connectivity index (χ4v) is 3.88. The number of imidazole rings is 1. The smallest absolute Gasteiger partial charge is 0.262 e. The molecule has 7 heteroatoms. The summed E-state index contributed by atoms with van der Waals surface area (Å²) in [5.74, 6) is 0.723. The second-order valence-electron chi connectivity index (χ2n) is 7.86. The Bertz CT molecular complexity index is 1530. The number of para-hydroxylation sites is 1. The Morgan fingerprint density at radius 2 is 1.66 bits per heavy atom. The van der Waals surface area contributed by atoms with Crippen molar-refractivity contribution in [2.45, 2.75) is 0 Å². The summed E-state index contributed by atoms with van der Waals surface area (Å²) < 4.78 is 5.50. The van der Waals surface area contributed by atoms with Crippen molar-refractivity contribution < 1.29 is 14.3 Å². The van der Waals surface area contributed by atoms with Crippen LogP contribution in [0.4, 0.5) is 5.69 Å². The van der Waals surface area contributed by atoms with Crippen LogP contribution < -0.4 is 10.1 Å². The maximum absolute atomic E-state index is 12.8. The number of rotatable bonds is 7. The summed E-state index contributed by atoms with van der Waals surface area (Å²) >= 11 is 6.06. The van der Waals surface area contributed by atoms with Crippen LogP contribution in [0.3, 0.4) is 0 Å². The number of aromatic amines is 1. The van der Waals surface area contributed by atoms with Crippen molar-refractivity contribution in [2.75, 3.05) is 11.9 Å². The highest BCUT2D eigenvalue weighted by Crippen LogP contribution is 2.25. The lowest BCUT2D eigenvalue weighted by Gasteiger charge is -2.09. The zero-order valence-corrected chi connectivity index (χ0v) is 19.3. The van der Waals surface area contributed by atoms with Gasteiger partial charge in [-0.2, -0.15) is 0 Å². The molecular formula is C28H20ClN3O3. The number of hydrogen-bond donors (Lipinski definition) is 2. The number of aromatic nitrogens is 2. The molecule has 0 radical (unpaired) electrons. The number of amides is 1. The SMILES string of the molecule is O=C(COc1ccccc1Cl)Nc1cccc(-c2nc3ccc(C(=O)c4ccccc4)cc3[nH]2)c1. The van der Waals surface area contributed by atoms with E-state index in [9.17, 15) is 9.59 Å². The van der Waals surface area contributed by atoms with E-state index in [1.165, 1.54) is 0 Å². The first-order valence-corrected chi connectivity index (χ1v) is 11.3. The molecule has 0 saturated carbocycles. The van der Waals surface area contributed by atoms with Crippen molar-refractivity contribution in [3.05, 3.63) is 113 Å². The number of ether oxygens (including phenoxy) is 1. The molecule has 0 aliphatic carbocycles. The fraction of sp³-hybridized carbons (Fsp3) is 0.0357. The molecule has 0 saturated heterocycles. The largest absolute Gasteiger partial charge is 0.482 e. The molecule has 4 aromatic carbocycles. The summed E-state index contributed by atoms with van der Waals surface area (Å²) in [6.45, 7) is -0.170. The summed E-state index contributed by atoms with van der Waals surface area (Å²) in [5.41, 5.74) is 4.11. The maximum Gasteiger partial charge on any atom is 0.262 e. The van der Waals surface area contributed by atoms with Gasteiger partial charge in [-0.05, 0) is 42.5 Å². The van der Waals surface area contributed by atoms with E-state index in [-0.39, 0.29) is 18.3 Å². The Balaban J connectivity index is 1.31. The van der Waals surface area contributed by atoms with Gasteiger partial charge in [0.15, 0.2) is 12.4 Å². The highest BCUT2D eigenvalue weighted by atomic mass is 35.5. The number of benzene rings is 4. The second kappa shape index (κ2) is 9.83. The normalized spacial score (nSPS) is 10.8. The Morgan fingerprint density at radius 3 is 2.49 bits per heavy atom. The summed E-state index contributed by atoms with van der Waals surface area (Å²) in [5, 5.41) is 3.27. The number of nitrogens with zero attached hydrogens (tertiary/aromatic N) is 1. The number of fused-ring (bicyclic) bond motifs is 1. The van der Waals surface area contributed by atoms with Crippen LogP contribution in [0.5, 0.6) is 5.75 Å². The van der Waals surface area contributed by atoms with Gasteiger partial charge in [-0.1, -0.05) is 66.2 Å². The minimum Gasteiger partial charge on any atom is -0.482 e. The number of carbonyl (C=O) groups excluding carboxylic acids is 2. The summed E-state index contributed by atoms with van der Waals surface area (Å²) in [6.07, 6.45) is 0. The predicted octanol–water partition coefficient (Wildman–Crippen LogP) is 6.13. The van der Waals surface area contributed by atoms with Crippen LogP contribution >= 0.6 is 11.6 Å². The third-order valence-corrected chi connectivity index (χ3v) is 5.71. The molecule has 0 bridgehead atoms. The molecule has 0 spiro atoms. The van der Waals surface area contributed by atoms with Crippen LogP contribution in [0.15, 0.2) is 97.1 Å². The Labute approximate surface area is 206 Å². The van der Waals surface area contributed by atoms with Crippen LogP contribution in [-0.4, -0.2) is 28.3 Å². The molecule has 2 N–H and O–H groups in total. The highest BCUT2D eigenvalue weighted by Gasteiger charge is 2.13. The van der Waals surface area contributed by atoms with E-state index in [0.29, 0.717) is 33.4 Å². The molecule has 5 rings (SSSR count). The quantitative estimate of drug-likeness (QED) is 0.274. The van der Waals surface area contributed by atoms with Gasteiger partial charge in [-0.25, -0.2) is 4.98 Å². The van der Waals surface area contributed by atoms with Crippen molar-refractivity contribution in [3.63, 3.8) is 0 Å². The summed E-state index contributed by atoms with van der Waals surface area (Å²) in [6, 6.07) is 28.9. The van der Waals surface area contributed by atoms with Crippen molar-refractivity contribution in [2.24, 2.45) is 0 Å². The molecule has 35 heavy (non-hydrogen) atoms. The number of hydrogen-bond acceptors (Lipinski definition) is 4. The number of halogens is 1. The van der Waals surface area contributed by atoms with E-state index in [0.717, 1.165) is 16.6 Å². The molecule has 0 atom stereocenters. The monoisotopic (exact) mass is 481 g/mol. The van der Waals surface area contributed by atoms with Crippen LogP contribution in [0.1, 0.15) is 15.9 Å². The maximum atomic E-state index is 12.8. The van der Waals surface area contributed by atoms with Crippen molar-refractivity contribution in [3.8, 4) is 17.1 Å². The zero-order valence-electron chi connectivity index (χ0n) is 18.5. The summed E-state index contributed by atoms with van der Waals surface area (Å²) in [4.78, 5) is 33.1. The molecular weight excluding hydrogens is 462 g/mol. The van der Waals surface area contributed by atoms with E-state index in [1.54, 1.807) is 54.6 Å². The van der Waals surface area contributed by atoms with Gasteiger partial charge >= 0.3 is 0 Å². The Hall–Kier alpha value is -4.42. The number of anilines is 1. The minimum absolute atomic E-state index is 0.0487. The highest BCUT2D eigenvalue weighted by molar-refractivity contribution is 6.32. The molecule has 5 aromatic rings. The first-order valence-electron chi connectivity index (χ1n) is 10.9. The van der Waals surface area contributed by atoms with Gasteiger partial charge in [-0.3, -0.25) is 9.59 Å². The number of ketones is 1. The van der Waals surface area contributed by atoms with E-state index in [4.69, 9.17) is 16.3 Å². The van der Waals surface area contributed by atoms with Gasteiger partial charge in [0, 0.05) is 22.4 Å². The molecule has 0 fully saturated rings. The van der Waals surface area contributed by atoms with Crippen LogP contribution in [-0.2, 0) is 4.79 Å². The van der Waals surface area contributed by atoms with E-state index in [2.05, 4.69) is 15.3 Å². The number of carbonyl (C=O) groups is 2. The average Bonchev–Trinajstić information content (AvgIpc) is 3.32. The van der Waals surface area contributed by atoms with Crippen LogP contribution in [0.25, 0.3) is 22.4 Å². The van der Waals surface area contributed by atoms with Gasteiger partial charge in [0.1, 0.15) is 11.6 Å². The lowest BCUT2D eigenvalue weighted by Crippen LogP contribution is -2.20. The van der Waals surface area contributed by atoms with Crippen molar-refractivity contribution in [1.82, 2.24) is 9.97 Å². The van der Waals surface area contributed by atoms with E-state index >= 15 is 0 Å². The molecule has 172 valence electrons. The van der Waals surface area contributed by atoms with Crippen LogP contribution in [0.2, 0.25) is 5.02 Å². The molecule has 1 aromatic heterocycles. The minimum atomic E-state index is -0.309. The van der Waals surface area contributed by atoms with Crippen molar-refractivity contribution in [1.29, 1.82) is 0 Å². The second-order valence-corrected chi connectivity index (χ2v) is 8.27. The topological polar surface area (TPSA) is 84.1 Å². The van der Waals surface area contributed by atoms with Gasteiger partial charge < -0.3 is 15.0 Å². The molecule has 1 amide bonds. The lowest BCUT2D eigenvalue weighted by molar-refractivity contribution is -0.118. The van der Waals surface area contributed by atoms with Gasteiger partial charge in [-0.15, -0.1) is 0 Å². The number of H-pyrrole nitrogens is 1. The predicted molar refractivity (Wildman–Crippen MR) is 137 cm³/mol. The zero-order chi connectivity index (χ0) is 24.2. The Kier molecular flexibility index (Phi) is 6.28. The standard InChI is InChI=1S/C28H20ClN3O3/c29-22-11-4-5-12-25(22)35-17-26(33)30-21-10-6-9-20(15-21)28-31-23-14-13-19(16-24(23)32-28)27(34)18-7-2-1-3-8-18/h1-16H,17H2,(H,30,33)(H,31,32). The fourth-order valence-electron chi connectivity index (χ4n) is 3.69. The number of nitrogens with one attached hydrogen (secondary N) is 2. The van der Waals surface area contributed by atoms with E-state index in [1.807, 2.05) is 42.5 Å². The van der Waals surface area contributed by atoms with Gasteiger partial charge in [0.2, 0.25) is 0 Å². The third-order valence-electron chi connectivity index (χ3n) is 5.40. The van der Waals surface area contributed by atoms with Gasteiger partial charge in [0.05, 0.1) is 16.1 Å². The van der Waals surface area contributed by atoms with Crippen LogP contribution in [0, 0.1) is 0 Å². The first-order chi connectivity index (χ1) is 17.1. The molecule has 0 aliphatic heterocycles.